The molecule has 2 aromatic carbocycles. The molecule has 0 spiro atoms. The van der Waals surface area contributed by atoms with Crippen LogP contribution in [0.25, 0.3) is 0 Å². The number of hydrazone groups is 1. The third-order valence-electron chi connectivity index (χ3n) is 4.43. The van der Waals surface area contributed by atoms with Gasteiger partial charge in [-0.2, -0.15) is 5.10 Å². The third-order valence-corrected chi connectivity index (χ3v) is 5.67. The molecule has 1 atom stereocenters. The molecular formula is C22H28N4O5S. The molecule has 172 valence electrons. The Hall–Kier alpha value is -3.40. The van der Waals surface area contributed by atoms with E-state index < -0.39 is 22.0 Å². The molecule has 32 heavy (non-hydrogen) atoms. The van der Waals surface area contributed by atoms with Crippen LogP contribution in [0.4, 0.5) is 11.4 Å². The largest absolute Gasteiger partial charge is 0.494 e. The molecule has 0 saturated heterocycles. The van der Waals surface area contributed by atoms with Crippen molar-refractivity contribution in [3.8, 4) is 5.75 Å². The van der Waals surface area contributed by atoms with E-state index in [1.165, 1.54) is 13.8 Å². The van der Waals surface area contributed by atoms with Crippen molar-refractivity contribution in [2.45, 2.75) is 33.7 Å². The zero-order chi connectivity index (χ0) is 23.9. The van der Waals surface area contributed by atoms with Crippen LogP contribution in [0.1, 0.15) is 33.3 Å². The van der Waals surface area contributed by atoms with Gasteiger partial charge in [-0.3, -0.25) is 13.9 Å². The van der Waals surface area contributed by atoms with E-state index in [2.05, 4.69) is 15.8 Å². The number of benzene rings is 2. The number of carbonyl (C=O) groups is 2. The fourth-order valence-electron chi connectivity index (χ4n) is 2.99. The highest BCUT2D eigenvalue weighted by Gasteiger charge is 2.29. The van der Waals surface area contributed by atoms with Crippen molar-refractivity contribution in [3.63, 3.8) is 0 Å². The van der Waals surface area contributed by atoms with Gasteiger partial charge >= 0.3 is 0 Å². The summed E-state index contributed by atoms with van der Waals surface area (Å²) in [4.78, 5) is 24.0. The van der Waals surface area contributed by atoms with E-state index in [-0.39, 0.29) is 5.91 Å². The van der Waals surface area contributed by atoms with Crippen LogP contribution in [-0.4, -0.2) is 44.8 Å². The van der Waals surface area contributed by atoms with Gasteiger partial charge in [0, 0.05) is 12.6 Å². The van der Waals surface area contributed by atoms with Crippen molar-refractivity contribution >= 4 is 38.9 Å². The predicted octanol–water partition coefficient (Wildman–Crippen LogP) is 2.74. The Bertz CT molecular complexity index is 1100. The molecule has 0 heterocycles. The average molecular weight is 461 g/mol. The highest BCUT2D eigenvalue weighted by Crippen LogP contribution is 2.24. The summed E-state index contributed by atoms with van der Waals surface area (Å²) in [7, 11) is -3.75. The molecule has 2 aromatic rings. The molecule has 0 radical (unpaired) electrons. The average Bonchev–Trinajstić information content (AvgIpc) is 2.72. The number of ether oxygens (including phenoxy) is 1. The molecule has 0 fully saturated rings. The number of nitrogens with zero attached hydrogens (tertiary/aromatic N) is 2. The summed E-state index contributed by atoms with van der Waals surface area (Å²) in [6.45, 7) is 6.92. The van der Waals surface area contributed by atoms with E-state index in [9.17, 15) is 18.0 Å². The Balaban J connectivity index is 2.20. The Kier molecular flexibility index (Phi) is 8.36. The van der Waals surface area contributed by atoms with Crippen LogP contribution in [0.5, 0.6) is 5.75 Å². The summed E-state index contributed by atoms with van der Waals surface area (Å²) in [5.74, 6) is -0.195. The smallest absolute Gasteiger partial charge is 0.263 e. The number of nitrogens with one attached hydrogen (secondary N) is 2. The minimum Gasteiger partial charge on any atom is -0.494 e. The van der Waals surface area contributed by atoms with Crippen molar-refractivity contribution in [3.05, 3.63) is 54.1 Å². The minimum absolute atomic E-state index is 0.200. The van der Waals surface area contributed by atoms with Crippen LogP contribution in [0.3, 0.4) is 0 Å². The van der Waals surface area contributed by atoms with Gasteiger partial charge < -0.3 is 10.1 Å². The molecule has 0 saturated carbocycles. The molecule has 9 nitrogen and oxygen atoms in total. The van der Waals surface area contributed by atoms with Crippen LogP contribution >= 0.6 is 0 Å². The Morgan fingerprint density at radius 1 is 1.12 bits per heavy atom. The third kappa shape index (κ3) is 6.81. The van der Waals surface area contributed by atoms with Gasteiger partial charge in [-0.05, 0) is 62.7 Å². The number of carbonyl (C=O) groups excluding carboxylic acids is 2. The fraction of sp³-hybridized carbons (Fsp3) is 0.318. The number of hydrogen-bond donors (Lipinski definition) is 2. The van der Waals surface area contributed by atoms with Gasteiger partial charge in [0.25, 0.3) is 5.91 Å². The van der Waals surface area contributed by atoms with E-state index in [1.807, 2.05) is 6.92 Å². The van der Waals surface area contributed by atoms with Gasteiger partial charge in [-0.15, -0.1) is 0 Å². The van der Waals surface area contributed by atoms with Gasteiger partial charge in [0.15, 0.2) is 0 Å². The summed E-state index contributed by atoms with van der Waals surface area (Å²) < 4.78 is 31.2. The van der Waals surface area contributed by atoms with E-state index in [0.29, 0.717) is 35.0 Å². The topological polar surface area (TPSA) is 117 Å². The maximum absolute atomic E-state index is 12.7. The highest BCUT2D eigenvalue weighted by atomic mass is 32.2. The van der Waals surface area contributed by atoms with Crippen molar-refractivity contribution in [1.82, 2.24) is 5.43 Å². The first-order valence-corrected chi connectivity index (χ1v) is 11.8. The van der Waals surface area contributed by atoms with Crippen molar-refractivity contribution in [2.75, 3.05) is 22.5 Å². The maximum atomic E-state index is 12.7. The molecule has 0 aromatic heterocycles. The van der Waals surface area contributed by atoms with Gasteiger partial charge in [-0.1, -0.05) is 12.1 Å². The van der Waals surface area contributed by atoms with Crippen molar-refractivity contribution in [1.29, 1.82) is 0 Å². The number of hydrogen-bond acceptors (Lipinski definition) is 6. The molecule has 2 amide bonds. The van der Waals surface area contributed by atoms with Crippen LogP contribution in [-0.2, 0) is 19.6 Å². The Labute approximate surface area is 188 Å². The monoisotopic (exact) mass is 460 g/mol. The van der Waals surface area contributed by atoms with E-state index in [1.54, 1.807) is 55.5 Å². The van der Waals surface area contributed by atoms with Gasteiger partial charge in [0.1, 0.15) is 11.8 Å². The van der Waals surface area contributed by atoms with Gasteiger partial charge in [0.05, 0.1) is 24.3 Å². The lowest BCUT2D eigenvalue weighted by Gasteiger charge is -2.27. The fourth-order valence-corrected chi connectivity index (χ4v) is 4.16. The predicted molar refractivity (Wildman–Crippen MR) is 125 cm³/mol. The quantitative estimate of drug-likeness (QED) is 0.441. The molecule has 0 bridgehead atoms. The van der Waals surface area contributed by atoms with E-state index in [4.69, 9.17) is 4.74 Å². The number of sulfonamides is 1. The number of rotatable bonds is 9. The summed E-state index contributed by atoms with van der Waals surface area (Å²) in [5, 5.41) is 6.78. The van der Waals surface area contributed by atoms with E-state index >= 15 is 0 Å². The van der Waals surface area contributed by atoms with Crippen LogP contribution in [0, 0.1) is 0 Å². The molecule has 0 aliphatic carbocycles. The summed E-state index contributed by atoms with van der Waals surface area (Å²) in [6, 6.07) is 12.4. The summed E-state index contributed by atoms with van der Waals surface area (Å²) in [6.07, 6.45) is 1.04. The normalized spacial score (nSPS) is 12.6. The molecule has 0 unspecified atom stereocenters. The second-order valence-electron chi connectivity index (χ2n) is 7.10. The van der Waals surface area contributed by atoms with Crippen LogP contribution in [0.15, 0.2) is 53.6 Å². The molecular weight excluding hydrogens is 432 g/mol. The SMILES string of the molecule is CCOc1ccc(N([C@@H](C)C(=O)N/N=C(/C)c2cccc(NC(C)=O)c2)S(C)(=O)=O)cc1. The van der Waals surface area contributed by atoms with Crippen LogP contribution < -0.4 is 19.8 Å². The molecule has 0 aliphatic heterocycles. The Morgan fingerprint density at radius 2 is 1.78 bits per heavy atom. The minimum atomic E-state index is -3.75. The molecule has 0 aliphatic rings. The van der Waals surface area contributed by atoms with Crippen LogP contribution in [0.2, 0.25) is 0 Å². The zero-order valence-electron chi connectivity index (χ0n) is 18.7. The van der Waals surface area contributed by atoms with E-state index in [0.717, 1.165) is 10.6 Å². The second kappa shape index (κ2) is 10.8. The van der Waals surface area contributed by atoms with Gasteiger partial charge in [-0.25, -0.2) is 13.8 Å². The lowest BCUT2D eigenvalue weighted by atomic mass is 10.1. The Morgan fingerprint density at radius 3 is 2.34 bits per heavy atom. The molecule has 2 rings (SSSR count). The summed E-state index contributed by atoms with van der Waals surface area (Å²) >= 11 is 0. The lowest BCUT2D eigenvalue weighted by molar-refractivity contribution is -0.121. The molecule has 10 heteroatoms. The first-order valence-electron chi connectivity index (χ1n) is 9.97. The number of amides is 2. The second-order valence-corrected chi connectivity index (χ2v) is 8.96. The van der Waals surface area contributed by atoms with Gasteiger partial charge in [0.2, 0.25) is 15.9 Å². The first-order chi connectivity index (χ1) is 15.0. The van der Waals surface area contributed by atoms with Crippen molar-refractivity contribution in [2.24, 2.45) is 5.10 Å². The number of anilines is 2. The highest BCUT2D eigenvalue weighted by molar-refractivity contribution is 7.92. The van der Waals surface area contributed by atoms with Crippen molar-refractivity contribution < 1.29 is 22.7 Å². The molecule has 2 N–H and O–H groups in total. The maximum Gasteiger partial charge on any atom is 0.263 e. The standard InChI is InChI=1S/C22H28N4O5S/c1-6-31-21-12-10-20(11-13-21)26(32(5,29)30)16(3)22(28)25-24-15(2)18-8-7-9-19(14-18)23-17(4)27/h7-14,16H,6H2,1-5H3,(H,23,27)(H,25,28)/b24-15-/t16-/m0/s1. The zero-order valence-corrected chi connectivity index (χ0v) is 19.6. The summed E-state index contributed by atoms with van der Waals surface area (Å²) in [5.41, 5.74) is 4.54. The lowest BCUT2D eigenvalue weighted by Crippen LogP contribution is -2.46. The first kappa shape index (κ1) is 24.9.